The molecule has 1 amide bonds. The molecule has 0 saturated heterocycles. The maximum absolute atomic E-state index is 11.7. The SMILES string of the molecule is O=C(Nc1[c]c(O)ccc1)c1ccccc1. The molecule has 0 bridgehead atoms. The van der Waals surface area contributed by atoms with Gasteiger partial charge < -0.3 is 10.4 Å². The lowest BCUT2D eigenvalue weighted by molar-refractivity contribution is 0.102. The molecule has 0 spiro atoms. The van der Waals surface area contributed by atoms with E-state index in [-0.39, 0.29) is 11.7 Å². The average Bonchev–Trinajstić information content (AvgIpc) is 2.30. The van der Waals surface area contributed by atoms with Crippen LogP contribution in [-0.2, 0) is 0 Å². The van der Waals surface area contributed by atoms with Crippen LogP contribution in [0, 0.1) is 6.07 Å². The molecule has 16 heavy (non-hydrogen) atoms. The second-order valence-electron chi connectivity index (χ2n) is 3.27. The lowest BCUT2D eigenvalue weighted by atomic mass is 10.2. The molecule has 0 atom stereocenters. The minimum atomic E-state index is -0.220. The Morgan fingerprint density at radius 2 is 1.81 bits per heavy atom. The van der Waals surface area contributed by atoms with E-state index in [9.17, 15) is 9.90 Å². The number of phenols is 1. The largest absolute Gasteiger partial charge is 0.507 e. The fourth-order valence-electron chi connectivity index (χ4n) is 1.31. The van der Waals surface area contributed by atoms with Gasteiger partial charge in [0, 0.05) is 5.56 Å². The summed E-state index contributed by atoms with van der Waals surface area (Å²) >= 11 is 0. The highest BCUT2D eigenvalue weighted by Gasteiger charge is 2.05. The van der Waals surface area contributed by atoms with Crippen molar-refractivity contribution in [2.75, 3.05) is 5.32 Å². The van der Waals surface area contributed by atoms with Crippen LogP contribution >= 0.6 is 0 Å². The molecular formula is C13H10NO2. The third-order valence-corrected chi connectivity index (χ3v) is 2.06. The van der Waals surface area contributed by atoms with Gasteiger partial charge in [-0.1, -0.05) is 24.3 Å². The van der Waals surface area contributed by atoms with Crippen LogP contribution in [0.25, 0.3) is 0 Å². The number of anilines is 1. The number of rotatable bonds is 2. The fraction of sp³-hybridized carbons (Fsp3) is 0. The Hall–Kier alpha value is -2.29. The first-order chi connectivity index (χ1) is 7.75. The van der Waals surface area contributed by atoms with Crippen LogP contribution in [0.5, 0.6) is 5.75 Å². The van der Waals surface area contributed by atoms with Crippen LogP contribution in [0.2, 0.25) is 0 Å². The van der Waals surface area contributed by atoms with Gasteiger partial charge in [0.1, 0.15) is 5.75 Å². The van der Waals surface area contributed by atoms with Gasteiger partial charge >= 0.3 is 0 Å². The molecular weight excluding hydrogens is 202 g/mol. The van der Waals surface area contributed by atoms with E-state index >= 15 is 0 Å². The van der Waals surface area contributed by atoms with Crippen LogP contribution in [0.3, 0.4) is 0 Å². The van der Waals surface area contributed by atoms with Crippen molar-refractivity contribution in [3.05, 3.63) is 60.2 Å². The summed E-state index contributed by atoms with van der Waals surface area (Å²) in [5.41, 5.74) is 1.02. The zero-order chi connectivity index (χ0) is 11.4. The van der Waals surface area contributed by atoms with E-state index in [1.807, 2.05) is 6.07 Å². The smallest absolute Gasteiger partial charge is 0.255 e. The topological polar surface area (TPSA) is 49.3 Å². The first-order valence-electron chi connectivity index (χ1n) is 4.83. The lowest BCUT2D eigenvalue weighted by Gasteiger charge is -2.04. The summed E-state index contributed by atoms with van der Waals surface area (Å²) in [7, 11) is 0. The van der Waals surface area contributed by atoms with E-state index in [4.69, 9.17) is 0 Å². The summed E-state index contributed by atoms with van der Waals surface area (Å²) in [5.74, 6) is -0.215. The molecule has 79 valence electrons. The molecule has 2 aromatic rings. The second-order valence-corrected chi connectivity index (χ2v) is 3.27. The Morgan fingerprint density at radius 3 is 2.50 bits per heavy atom. The van der Waals surface area contributed by atoms with E-state index < -0.39 is 0 Å². The quantitative estimate of drug-likeness (QED) is 0.803. The molecule has 0 aliphatic carbocycles. The third kappa shape index (κ3) is 2.39. The standard InChI is InChI=1S/C13H10NO2/c15-12-8-4-7-11(9-12)14-13(16)10-5-2-1-3-6-10/h1-8,15H,(H,14,16). The summed E-state index contributed by atoms with van der Waals surface area (Å²) < 4.78 is 0. The molecule has 3 heteroatoms. The van der Waals surface area contributed by atoms with Crippen molar-refractivity contribution in [3.63, 3.8) is 0 Å². The Kier molecular flexibility index (Phi) is 2.87. The van der Waals surface area contributed by atoms with Crippen molar-refractivity contribution >= 4 is 11.6 Å². The third-order valence-electron chi connectivity index (χ3n) is 2.06. The molecule has 0 aliphatic heterocycles. The molecule has 0 heterocycles. The van der Waals surface area contributed by atoms with Crippen LogP contribution < -0.4 is 5.32 Å². The highest BCUT2D eigenvalue weighted by Crippen LogP contribution is 2.15. The molecule has 2 aromatic carbocycles. The van der Waals surface area contributed by atoms with Crippen LogP contribution in [0.4, 0.5) is 5.69 Å². The van der Waals surface area contributed by atoms with E-state index in [0.29, 0.717) is 11.3 Å². The van der Waals surface area contributed by atoms with Gasteiger partial charge in [0.15, 0.2) is 0 Å². The zero-order valence-corrected chi connectivity index (χ0v) is 8.47. The number of carbonyl (C=O) groups is 1. The lowest BCUT2D eigenvalue weighted by Crippen LogP contribution is -2.11. The minimum Gasteiger partial charge on any atom is -0.507 e. The molecule has 1 radical (unpaired) electrons. The van der Waals surface area contributed by atoms with Crippen LogP contribution in [-0.4, -0.2) is 11.0 Å². The van der Waals surface area contributed by atoms with Crippen LogP contribution in [0.15, 0.2) is 48.5 Å². The first-order valence-corrected chi connectivity index (χ1v) is 4.83. The predicted octanol–water partition coefficient (Wildman–Crippen LogP) is 2.44. The second kappa shape index (κ2) is 4.49. The van der Waals surface area contributed by atoms with Gasteiger partial charge in [-0.2, -0.15) is 0 Å². The van der Waals surface area contributed by atoms with Crippen molar-refractivity contribution in [2.24, 2.45) is 0 Å². The predicted molar refractivity (Wildman–Crippen MR) is 61.3 cm³/mol. The number of nitrogens with one attached hydrogen (secondary N) is 1. The van der Waals surface area contributed by atoms with Crippen molar-refractivity contribution in [1.29, 1.82) is 0 Å². The highest BCUT2D eigenvalue weighted by atomic mass is 16.3. The molecule has 0 saturated carbocycles. The molecule has 0 fully saturated rings. The Labute approximate surface area is 93.4 Å². The summed E-state index contributed by atoms with van der Waals surface area (Å²) in [6.07, 6.45) is 0. The van der Waals surface area contributed by atoms with E-state index in [1.54, 1.807) is 36.4 Å². The van der Waals surface area contributed by atoms with Crippen molar-refractivity contribution in [3.8, 4) is 5.75 Å². The number of amides is 1. The summed E-state index contributed by atoms with van der Waals surface area (Å²) in [6.45, 7) is 0. The van der Waals surface area contributed by atoms with Gasteiger partial charge in [-0.15, -0.1) is 0 Å². The molecule has 2 rings (SSSR count). The summed E-state index contributed by atoms with van der Waals surface area (Å²) in [5, 5.41) is 11.8. The van der Waals surface area contributed by atoms with Gasteiger partial charge in [0.25, 0.3) is 5.91 Å². The Bertz CT molecular complexity index is 494. The molecule has 0 unspecified atom stereocenters. The van der Waals surface area contributed by atoms with Gasteiger partial charge in [-0.05, 0) is 24.3 Å². The maximum Gasteiger partial charge on any atom is 0.255 e. The Morgan fingerprint density at radius 1 is 1.06 bits per heavy atom. The van der Waals surface area contributed by atoms with E-state index in [1.165, 1.54) is 6.07 Å². The first kappa shape index (κ1) is 10.2. The van der Waals surface area contributed by atoms with E-state index in [2.05, 4.69) is 11.4 Å². The molecule has 0 aromatic heterocycles. The van der Waals surface area contributed by atoms with Crippen LogP contribution in [0.1, 0.15) is 10.4 Å². The van der Waals surface area contributed by atoms with Gasteiger partial charge in [0.05, 0.1) is 11.8 Å². The number of carbonyl (C=O) groups excluding carboxylic acids is 1. The number of aromatic hydroxyl groups is 1. The van der Waals surface area contributed by atoms with Gasteiger partial charge in [-0.25, -0.2) is 0 Å². The summed E-state index contributed by atoms with van der Waals surface area (Å²) in [4.78, 5) is 11.7. The van der Waals surface area contributed by atoms with E-state index in [0.717, 1.165) is 0 Å². The molecule has 3 nitrogen and oxygen atoms in total. The number of phenolic OH excluding ortho intramolecular Hbond substituents is 1. The Balaban J connectivity index is 2.14. The normalized spacial score (nSPS) is 9.75. The van der Waals surface area contributed by atoms with Gasteiger partial charge in [-0.3, -0.25) is 4.79 Å². The zero-order valence-electron chi connectivity index (χ0n) is 8.47. The number of hydrogen-bond acceptors (Lipinski definition) is 2. The molecule has 2 N–H and O–H groups in total. The summed E-state index contributed by atoms with van der Waals surface area (Å²) in [6, 6.07) is 16.3. The average molecular weight is 212 g/mol. The number of benzene rings is 2. The fourth-order valence-corrected chi connectivity index (χ4v) is 1.31. The van der Waals surface area contributed by atoms with Gasteiger partial charge in [0.2, 0.25) is 0 Å². The maximum atomic E-state index is 11.7. The van der Waals surface area contributed by atoms with Crippen molar-refractivity contribution in [1.82, 2.24) is 0 Å². The minimum absolute atomic E-state index is 0.00543. The van der Waals surface area contributed by atoms with Crippen molar-refractivity contribution in [2.45, 2.75) is 0 Å². The highest BCUT2D eigenvalue weighted by molar-refractivity contribution is 6.04. The number of hydrogen-bond donors (Lipinski definition) is 2. The monoisotopic (exact) mass is 212 g/mol. The molecule has 0 aliphatic rings. The van der Waals surface area contributed by atoms with Crippen molar-refractivity contribution < 1.29 is 9.90 Å².